The second-order valence-corrected chi connectivity index (χ2v) is 8.34. The van der Waals surface area contributed by atoms with Gasteiger partial charge < -0.3 is 10.1 Å². The molecule has 4 rings (SSSR count). The lowest BCUT2D eigenvalue weighted by Crippen LogP contribution is -2.16. The molecule has 28 heavy (non-hydrogen) atoms. The Bertz CT molecular complexity index is 1160. The summed E-state index contributed by atoms with van der Waals surface area (Å²) >= 11 is 0. The molecule has 1 aliphatic heterocycles. The number of carbonyl (C=O) groups is 1. The molecule has 0 saturated carbocycles. The number of fused-ring (bicyclic) bond motifs is 2. The predicted octanol–water partition coefficient (Wildman–Crippen LogP) is 4.29. The van der Waals surface area contributed by atoms with Crippen molar-refractivity contribution in [3.8, 4) is 11.5 Å². The van der Waals surface area contributed by atoms with E-state index in [2.05, 4.69) is 10.0 Å². The highest BCUT2D eigenvalue weighted by atomic mass is 32.2. The van der Waals surface area contributed by atoms with Crippen molar-refractivity contribution in [2.45, 2.75) is 12.7 Å². The van der Waals surface area contributed by atoms with Gasteiger partial charge in [0.1, 0.15) is 5.75 Å². The van der Waals surface area contributed by atoms with Crippen LogP contribution >= 0.6 is 0 Å². The molecule has 0 saturated heterocycles. The van der Waals surface area contributed by atoms with Crippen LogP contribution in [0.5, 0.6) is 11.5 Å². The van der Waals surface area contributed by atoms with Gasteiger partial charge in [-0.15, -0.1) is 0 Å². The van der Waals surface area contributed by atoms with Crippen molar-refractivity contribution in [3.63, 3.8) is 0 Å². The summed E-state index contributed by atoms with van der Waals surface area (Å²) in [6.45, 7) is 1.92. The largest absolute Gasteiger partial charge is 0.454 e. The predicted molar refractivity (Wildman–Crippen MR) is 108 cm³/mol. The van der Waals surface area contributed by atoms with E-state index < -0.39 is 10.0 Å². The van der Waals surface area contributed by atoms with E-state index in [0.29, 0.717) is 28.4 Å². The molecule has 0 radical (unpaired) electrons. The zero-order chi connectivity index (χ0) is 19.7. The highest BCUT2D eigenvalue weighted by Crippen LogP contribution is 2.37. The summed E-state index contributed by atoms with van der Waals surface area (Å²) in [5.41, 5.74) is 2.80. The lowest BCUT2D eigenvalue weighted by molar-refractivity contribution is 0.102. The van der Waals surface area contributed by atoms with E-state index in [0.717, 1.165) is 5.56 Å². The third kappa shape index (κ3) is 3.84. The number of rotatable bonds is 4. The summed E-state index contributed by atoms with van der Waals surface area (Å²) in [5, 5.41) is 2.81. The van der Waals surface area contributed by atoms with Gasteiger partial charge in [-0.3, -0.25) is 9.52 Å². The molecule has 0 spiro atoms. The molecule has 0 unspecified atom stereocenters. The van der Waals surface area contributed by atoms with Crippen LogP contribution in [0.15, 0.2) is 66.7 Å². The first-order valence-electron chi connectivity index (χ1n) is 8.68. The molecule has 0 bridgehead atoms. The lowest BCUT2D eigenvalue weighted by atomic mass is 10.1. The van der Waals surface area contributed by atoms with Crippen molar-refractivity contribution >= 4 is 27.3 Å². The normalized spacial score (nSPS) is 12.8. The van der Waals surface area contributed by atoms with Crippen molar-refractivity contribution < 1.29 is 17.9 Å². The van der Waals surface area contributed by atoms with Gasteiger partial charge in [-0.05, 0) is 48.4 Å². The second-order valence-electron chi connectivity index (χ2n) is 6.61. The smallest absolute Gasteiger partial charge is 0.259 e. The number of nitrogens with one attached hydrogen (secondary N) is 2. The topological polar surface area (TPSA) is 84.5 Å². The van der Waals surface area contributed by atoms with Gasteiger partial charge in [0.25, 0.3) is 5.91 Å². The SMILES string of the molecule is Cc1ccc2c(c1)NC(=O)c1cc(NS(=O)(=O)Cc3ccccc3)ccc1O2. The van der Waals surface area contributed by atoms with Crippen LogP contribution in [-0.2, 0) is 15.8 Å². The number of hydrogen-bond acceptors (Lipinski definition) is 4. The number of sulfonamides is 1. The fourth-order valence-electron chi connectivity index (χ4n) is 3.01. The Morgan fingerprint density at radius 2 is 1.71 bits per heavy atom. The summed E-state index contributed by atoms with van der Waals surface area (Å²) in [6, 6.07) is 19.0. The highest BCUT2D eigenvalue weighted by molar-refractivity contribution is 7.91. The Morgan fingerprint density at radius 3 is 2.50 bits per heavy atom. The van der Waals surface area contributed by atoms with Crippen LogP contribution in [0.2, 0.25) is 0 Å². The molecular formula is C21H18N2O4S. The van der Waals surface area contributed by atoms with Crippen molar-refractivity contribution in [1.29, 1.82) is 0 Å². The van der Waals surface area contributed by atoms with Crippen molar-refractivity contribution in [1.82, 2.24) is 0 Å². The average Bonchev–Trinajstić information content (AvgIpc) is 2.77. The first-order chi connectivity index (χ1) is 13.4. The first-order valence-corrected chi connectivity index (χ1v) is 10.3. The number of anilines is 2. The molecule has 6 nitrogen and oxygen atoms in total. The summed E-state index contributed by atoms with van der Waals surface area (Å²) in [7, 11) is -3.62. The summed E-state index contributed by atoms with van der Waals surface area (Å²) in [6.07, 6.45) is 0. The van der Waals surface area contributed by atoms with Crippen LogP contribution in [0.25, 0.3) is 0 Å². The molecule has 142 valence electrons. The second kappa shape index (κ2) is 7.01. The van der Waals surface area contributed by atoms with Crippen LogP contribution < -0.4 is 14.8 Å². The third-order valence-electron chi connectivity index (χ3n) is 4.30. The van der Waals surface area contributed by atoms with Gasteiger partial charge in [-0.25, -0.2) is 8.42 Å². The van der Waals surface area contributed by atoms with Gasteiger partial charge in [0, 0.05) is 5.69 Å². The Hall–Kier alpha value is -3.32. The van der Waals surface area contributed by atoms with Crippen LogP contribution in [0.3, 0.4) is 0 Å². The fourth-order valence-corrected chi connectivity index (χ4v) is 4.20. The maximum atomic E-state index is 12.6. The molecule has 1 aliphatic rings. The Labute approximate surface area is 163 Å². The standard InChI is InChI=1S/C21H18N2O4S/c1-14-7-9-20-18(11-14)22-21(24)17-12-16(8-10-19(17)27-20)23-28(25,26)13-15-5-3-2-4-6-15/h2-12,23H,13H2,1H3,(H,22,24). The van der Waals surface area contributed by atoms with Gasteiger partial charge in [-0.1, -0.05) is 36.4 Å². The Kier molecular flexibility index (Phi) is 4.52. The van der Waals surface area contributed by atoms with E-state index in [4.69, 9.17) is 4.74 Å². The number of carbonyl (C=O) groups excluding carboxylic acids is 1. The zero-order valence-corrected chi connectivity index (χ0v) is 15.9. The summed E-state index contributed by atoms with van der Waals surface area (Å²) in [5.74, 6) is 0.392. The minimum absolute atomic E-state index is 0.154. The van der Waals surface area contributed by atoms with E-state index in [1.165, 1.54) is 6.07 Å². The van der Waals surface area contributed by atoms with Crippen LogP contribution in [0.4, 0.5) is 11.4 Å². The molecule has 7 heteroatoms. The van der Waals surface area contributed by atoms with Crippen molar-refractivity contribution in [2.24, 2.45) is 0 Å². The molecule has 0 aromatic heterocycles. The number of ether oxygens (including phenoxy) is 1. The van der Waals surface area contributed by atoms with Crippen LogP contribution in [0.1, 0.15) is 21.5 Å². The van der Waals surface area contributed by atoms with E-state index in [1.54, 1.807) is 42.5 Å². The molecular weight excluding hydrogens is 376 g/mol. The van der Waals surface area contributed by atoms with Crippen molar-refractivity contribution in [2.75, 3.05) is 10.0 Å². The lowest BCUT2D eigenvalue weighted by Gasteiger charge is -2.11. The highest BCUT2D eigenvalue weighted by Gasteiger charge is 2.22. The third-order valence-corrected chi connectivity index (χ3v) is 5.56. The van der Waals surface area contributed by atoms with Gasteiger partial charge in [0.2, 0.25) is 10.0 Å². The Balaban J connectivity index is 1.60. The number of hydrogen-bond donors (Lipinski definition) is 2. The molecule has 0 fully saturated rings. The average molecular weight is 394 g/mol. The summed E-state index contributed by atoms with van der Waals surface area (Å²) in [4.78, 5) is 12.6. The van der Waals surface area contributed by atoms with E-state index in [-0.39, 0.29) is 17.2 Å². The quantitative estimate of drug-likeness (QED) is 0.691. The molecule has 1 amide bonds. The minimum Gasteiger partial charge on any atom is -0.454 e. The molecule has 2 N–H and O–H groups in total. The maximum absolute atomic E-state index is 12.6. The van der Waals surface area contributed by atoms with Crippen molar-refractivity contribution in [3.05, 3.63) is 83.4 Å². The van der Waals surface area contributed by atoms with Crippen LogP contribution in [0, 0.1) is 6.92 Å². The monoisotopic (exact) mass is 394 g/mol. The van der Waals surface area contributed by atoms with Gasteiger partial charge >= 0.3 is 0 Å². The van der Waals surface area contributed by atoms with Gasteiger partial charge in [0.05, 0.1) is 17.0 Å². The number of amides is 1. The van der Waals surface area contributed by atoms with Crippen LogP contribution in [-0.4, -0.2) is 14.3 Å². The van der Waals surface area contributed by atoms with E-state index in [1.807, 2.05) is 25.1 Å². The minimum atomic E-state index is -3.62. The number of aryl methyl sites for hydroxylation is 1. The molecule has 0 aliphatic carbocycles. The molecule has 1 heterocycles. The Morgan fingerprint density at radius 1 is 0.964 bits per heavy atom. The molecule has 3 aromatic rings. The van der Waals surface area contributed by atoms with Gasteiger partial charge in [0.15, 0.2) is 5.75 Å². The molecule has 0 atom stereocenters. The summed E-state index contributed by atoms with van der Waals surface area (Å²) < 4.78 is 33.3. The van der Waals surface area contributed by atoms with Gasteiger partial charge in [-0.2, -0.15) is 0 Å². The fraction of sp³-hybridized carbons (Fsp3) is 0.0952. The van der Waals surface area contributed by atoms with E-state index >= 15 is 0 Å². The number of benzene rings is 3. The maximum Gasteiger partial charge on any atom is 0.259 e. The first kappa shape index (κ1) is 18.1. The van der Waals surface area contributed by atoms with E-state index in [9.17, 15) is 13.2 Å². The zero-order valence-electron chi connectivity index (χ0n) is 15.1. The molecule has 3 aromatic carbocycles.